The van der Waals surface area contributed by atoms with Crippen LogP contribution in [-0.2, 0) is 6.54 Å². The molecule has 0 aliphatic rings. The monoisotopic (exact) mass is 236 g/mol. The van der Waals surface area contributed by atoms with Crippen molar-refractivity contribution < 1.29 is 4.74 Å². The largest absolute Gasteiger partial charge is 0.497 e. The fourth-order valence-corrected chi connectivity index (χ4v) is 1.93. The van der Waals surface area contributed by atoms with E-state index in [4.69, 9.17) is 10.5 Å². The summed E-state index contributed by atoms with van der Waals surface area (Å²) in [6.45, 7) is 6.51. The zero-order valence-corrected chi connectivity index (χ0v) is 11.4. The van der Waals surface area contributed by atoms with Gasteiger partial charge < -0.3 is 15.4 Å². The van der Waals surface area contributed by atoms with Crippen molar-refractivity contribution in [3.05, 3.63) is 23.8 Å². The number of rotatable bonds is 6. The lowest BCUT2D eigenvalue weighted by atomic mass is 10.1. The van der Waals surface area contributed by atoms with Crippen LogP contribution in [0, 0.1) is 5.92 Å². The summed E-state index contributed by atoms with van der Waals surface area (Å²) in [5.41, 5.74) is 7.80. The quantitative estimate of drug-likeness (QED) is 0.772. The highest BCUT2D eigenvalue weighted by atomic mass is 16.5. The first-order valence-electron chi connectivity index (χ1n) is 6.17. The number of nitrogen functional groups attached to an aromatic ring is 1. The molecular weight excluding hydrogens is 212 g/mol. The molecule has 0 radical (unpaired) electrons. The van der Waals surface area contributed by atoms with Crippen LogP contribution < -0.4 is 10.5 Å². The maximum Gasteiger partial charge on any atom is 0.121 e. The molecule has 1 aromatic carbocycles. The molecule has 3 nitrogen and oxygen atoms in total. The first kappa shape index (κ1) is 13.8. The minimum Gasteiger partial charge on any atom is -0.497 e. The molecule has 0 aromatic heterocycles. The van der Waals surface area contributed by atoms with Crippen molar-refractivity contribution in [2.45, 2.75) is 26.8 Å². The summed E-state index contributed by atoms with van der Waals surface area (Å²) in [6.07, 6.45) is 1.21. The predicted octanol–water partition coefficient (Wildman–Crippen LogP) is 2.76. The van der Waals surface area contributed by atoms with Crippen LogP contribution in [0.5, 0.6) is 5.75 Å². The number of ether oxygens (including phenoxy) is 1. The maximum absolute atomic E-state index is 5.84. The SMILES string of the molecule is CCC(C)CN(C)Cc1cc(N)cc(OC)c1. The average Bonchev–Trinajstić information content (AvgIpc) is 2.27. The van der Waals surface area contributed by atoms with Gasteiger partial charge in [-0.25, -0.2) is 0 Å². The van der Waals surface area contributed by atoms with Crippen molar-refractivity contribution in [2.75, 3.05) is 26.4 Å². The van der Waals surface area contributed by atoms with E-state index >= 15 is 0 Å². The maximum atomic E-state index is 5.84. The van der Waals surface area contributed by atoms with Crippen LogP contribution in [0.1, 0.15) is 25.8 Å². The van der Waals surface area contributed by atoms with Crippen molar-refractivity contribution in [2.24, 2.45) is 5.92 Å². The van der Waals surface area contributed by atoms with Gasteiger partial charge in [-0.15, -0.1) is 0 Å². The smallest absolute Gasteiger partial charge is 0.121 e. The third-order valence-electron chi connectivity index (χ3n) is 3.00. The molecule has 0 aliphatic heterocycles. The van der Waals surface area contributed by atoms with Gasteiger partial charge in [-0.2, -0.15) is 0 Å². The molecule has 1 unspecified atom stereocenters. The number of nitrogens with two attached hydrogens (primary N) is 1. The Morgan fingerprint density at radius 3 is 2.65 bits per heavy atom. The summed E-state index contributed by atoms with van der Waals surface area (Å²) >= 11 is 0. The number of methoxy groups -OCH3 is 1. The summed E-state index contributed by atoms with van der Waals surface area (Å²) in [4.78, 5) is 2.32. The third kappa shape index (κ3) is 4.65. The predicted molar refractivity (Wildman–Crippen MR) is 73.2 cm³/mol. The molecule has 1 atom stereocenters. The minimum atomic E-state index is 0.725. The van der Waals surface area contributed by atoms with Crippen molar-refractivity contribution in [1.29, 1.82) is 0 Å². The van der Waals surface area contributed by atoms with Gasteiger partial charge in [-0.1, -0.05) is 20.3 Å². The van der Waals surface area contributed by atoms with Gasteiger partial charge in [0.1, 0.15) is 5.75 Å². The molecule has 0 heterocycles. The Bertz CT molecular complexity index is 352. The summed E-state index contributed by atoms with van der Waals surface area (Å²) in [5, 5.41) is 0. The number of anilines is 1. The Kier molecular flexibility index (Phi) is 5.29. The second kappa shape index (κ2) is 6.50. The number of nitrogens with zero attached hydrogens (tertiary/aromatic N) is 1. The molecule has 0 bridgehead atoms. The van der Waals surface area contributed by atoms with Gasteiger partial charge in [-0.3, -0.25) is 0 Å². The minimum absolute atomic E-state index is 0.725. The van der Waals surface area contributed by atoms with Gasteiger partial charge in [0.15, 0.2) is 0 Å². The van der Waals surface area contributed by atoms with E-state index in [1.165, 1.54) is 12.0 Å². The second-order valence-electron chi connectivity index (χ2n) is 4.82. The zero-order valence-electron chi connectivity index (χ0n) is 11.4. The number of hydrogen-bond donors (Lipinski definition) is 1. The van der Waals surface area contributed by atoms with E-state index in [0.29, 0.717) is 0 Å². The van der Waals surface area contributed by atoms with E-state index < -0.39 is 0 Å². The molecule has 0 saturated carbocycles. The molecule has 1 aromatic rings. The molecule has 0 amide bonds. The van der Waals surface area contributed by atoms with Crippen LogP contribution in [0.15, 0.2) is 18.2 Å². The molecule has 0 fully saturated rings. The molecule has 0 saturated heterocycles. The molecule has 96 valence electrons. The molecule has 1 rings (SSSR count). The summed E-state index contributed by atoms with van der Waals surface area (Å²) < 4.78 is 5.22. The topological polar surface area (TPSA) is 38.5 Å². The van der Waals surface area contributed by atoms with E-state index in [-0.39, 0.29) is 0 Å². The molecule has 17 heavy (non-hydrogen) atoms. The van der Waals surface area contributed by atoms with Crippen LogP contribution >= 0.6 is 0 Å². The number of hydrogen-bond acceptors (Lipinski definition) is 3. The van der Waals surface area contributed by atoms with Gasteiger partial charge in [-0.05, 0) is 30.7 Å². The summed E-state index contributed by atoms with van der Waals surface area (Å²) in [7, 11) is 3.81. The fraction of sp³-hybridized carbons (Fsp3) is 0.571. The highest BCUT2D eigenvalue weighted by Crippen LogP contribution is 2.19. The van der Waals surface area contributed by atoms with Crippen molar-refractivity contribution in [3.63, 3.8) is 0 Å². The molecule has 3 heteroatoms. The van der Waals surface area contributed by atoms with E-state index in [1.54, 1.807) is 7.11 Å². The Hall–Kier alpha value is -1.22. The second-order valence-corrected chi connectivity index (χ2v) is 4.82. The Morgan fingerprint density at radius 2 is 2.06 bits per heavy atom. The lowest BCUT2D eigenvalue weighted by molar-refractivity contribution is 0.275. The van der Waals surface area contributed by atoms with Gasteiger partial charge >= 0.3 is 0 Å². The van der Waals surface area contributed by atoms with Gasteiger partial charge in [0, 0.05) is 24.8 Å². The van der Waals surface area contributed by atoms with E-state index in [0.717, 1.165) is 30.4 Å². The molecular formula is C14H24N2O. The van der Waals surface area contributed by atoms with E-state index in [1.807, 2.05) is 18.2 Å². The molecule has 0 aliphatic carbocycles. The van der Waals surface area contributed by atoms with Crippen LogP contribution in [0.4, 0.5) is 5.69 Å². The highest BCUT2D eigenvalue weighted by Gasteiger charge is 2.06. The fourth-order valence-electron chi connectivity index (χ4n) is 1.93. The highest BCUT2D eigenvalue weighted by molar-refractivity contribution is 5.47. The Labute approximate surface area is 105 Å². The molecule has 2 N–H and O–H groups in total. The van der Waals surface area contributed by atoms with Crippen LogP contribution in [-0.4, -0.2) is 25.6 Å². The van der Waals surface area contributed by atoms with Crippen molar-refractivity contribution in [1.82, 2.24) is 4.90 Å². The summed E-state index contributed by atoms with van der Waals surface area (Å²) in [5.74, 6) is 1.56. The Balaban J connectivity index is 2.64. The zero-order chi connectivity index (χ0) is 12.8. The average molecular weight is 236 g/mol. The van der Waals surface area contributed by atoms with Crippen LogP contribution in [0.3, 0.4) is 0 Å². The van der Waals surface area contributed by atoms with E-state index in [9.17, 15) is 0 Å². The third-order valence-corrected chi connectivity index (χ3v) is 3.00. The first-order valence-corrected chi connectivity index (χ1v) is 6.17. The van der Waals surface area contributed by atoms with Crippen LogP contribution in [0.25, 0.3) is 0 Å². The van der Waals surface area contributed by atoms with Gasteiger partial charge in [0.25, 0.3) is 0 Å². The summed E-state index contributed by atoms with van der Waals surface area (Å²) in [6, 6.07) is 5.90. The van der Waals surface area contributed by atoms with Gasteiger partial charge in [0.05, 0.1) is 7.11 Å². The lowest BCUT2D eigenvalue weighted by Gasteiger charge is -2.20. The van der Waals surface area contributed by atoms with Crippen molar-refractivity contribution in [3.8, 4) is 5.75 Å². The first-order chi connectivity index (χ1) is 8.05. The van der Waals surface area contributed by atoms with E-state index in [2.05, 4.69) is 25.8 Å². The van der Waals surface area contributed by atoms with Crippen molar-refractivity contribution >= 4 is 5.69 Å². The lowest BCUT2D eigenvalue weighted by Crippen LogP contribution is -2.23. The van der Waals surface area contributed by atoms with Gasteiger partial charge in [0.2, 0.25) is 0 Å². The van der Waals surface area contributed by atoms with Crippen LogP contribution in [0.2, 0.25) is 0 Å². The normalized spacial score (nSPS) is 12.8. The standard InChI is InChI=1S/C14H24N2O/c1-5-11(2)9-16(3)10-12-6-13(15)8-14(7-12)17-4/h6-8,11H,5,9-10,15H2,1-4H3. The Morgan fingerprint density at radius 1 is 1.35 bits per heavy atom. The molecule has 0 spiro atoms. The number of benzene rings is 1.